The molecule has 118 valence electrons. The Morgan fingerprint density at radius 1 is 1.45 bits per heavy atom. The molecular formula is C14H17N3O4S. The summed E-state index contributed by atoms with van der Waals surface area (Å²) in [6, 6.07) is 0. The topological polar surface area (TPSA) is 84.5 Å². The van der Waals surface area contributed by atoms with Gasteiger partial charge in [-0.05, 0) is 12.5 Å². The van der Waals surface area contributed by atoms with Crippen molar-refractivity contribution in [3.63, 3.8) is 0 Å². The maximum absolute atomic E-state index is 12.3. The Bertz CT molecular complexity index is 761. The molecule has 0 radical (unpaired) electrons. The van der Waals surface area contributed by atoms with Crippen molar-refractivity contribution in [2.24, 2.45) is 0 Å². The van der Waals surface area contributed by atoms with Gasteiger partial charge in [-0.3, -0.25) is 9.69 Å². The van der Waals surface area contributed by atoms with Crippen LogP contribution < -0.4 is 5.56 Å². The van der Waals surface area contributed by atoms with Crippen molar-refractivity contribution in [2.75, 3.05) is 33.4 Å². The summed E-state index contributed by atoms with van der Waals surface area (Å²) in [7, 11) is 1.33. The summed E-state index contributed by atoms with van der Waals surface area (Å²) in [4.78, 5) is 34.5. The Morgan fingerprint density at radius 2 is 2.18 bits per heavy atom. The fraction of sp³-hybridized carbons (Fsp3) is 0.500. The first-order valence-electron chi connectivity index (χ1n) is 7.01. The minimum absolute atomic E-state index is 0.211. The van der Waals surface area contributed by atoms with Gasteiger partial charge in [-0.1, -0.05) is 0 Å². The van der Waals surface area contributed by atoms with E-state index in [1.165, 1.54) is 18.4 Å². The van der Waals surface area contributed by atoms with Crippen molar-refractivity contribution in [1.82, 2.24) is 14.9 Å². The molecule has 0 atom stereocenters. The number of thiophene rings is 1. The zero-order valence-electron chi connectivity index (χ0n) is 12.5. The van der Waals surface area contributed by atoms with Gasteiger partial charge < -0.3 is 14.5 Å². The van der Waals surface area contributed by atoms with Gasteiger partial charge in [0.15, 0.2) is 0 Å². The van der Waals surface area contributed by atoms with Crippen LogP contribution in [0, 0.1) is 6.92 Å². The third-order valence-electron chi connectivity index (χ3n) is 3.70. The minimum atomic E-state index is -0.436. The van der Waals surface area contributed by atoms with Crippen LogP contribution in [0.5, 0.6) is 0 Å². The first-order valence-corrected chi connectivity index (χ1v) is 7.82. The van der Waals surface area contributed by atoms with E-state index >= 15 is 0 Å². The van der Waals surface area contributed by atoms with E-state index in [0.717, 1.165) is 13.1 Å². The van der Waals surface area contributed by atoms with Crippen LogP contribution in [0.15, 0.2) is 4.79 Å². The van der Waals surface area contributed by atoms with E-state index in [-0.39, 0.29) is 5.56 Å². The number of aryl methyl sites for hydroxylation is 1. The van der Waals surface area contributed by atoms with Crippen LogP contribution in [0.1, 0.15) is 21.1 Å². The number of rotatable bonds is 3. The zero-order valence-corrected chi connectivity index (χ0v) is 13.3. The Balaban J connectivity index is 1.97. The van der Waals surface area contributed by atoms with Crippen molar-refractivity contribution in [2.45, 2.75) is 13.5 Å². The maximum atomic E-state index is 12.3. The molecule has 2 aromatic heterocycles. The second kappa shape index (κ2) is 6.15. The van der Waals surface area contributed by atoms with E-state index in [9.17, 15) is 9.59 Å². The lowest BCUT2D eigenvalue weighted by molar-refractivity contribution is 0.0331. The molecule has 8 heteroatoms. The third-order valence-corrected chi connectivity index (χ3v) is 4.86. The molecule has 0 aliphatic carbocycles. The molecular weight excluding hydrogens is 306 g/mol. The Kier molecular flexibility index (Phi) is 4.23. The van der Waals surface area contributed by atoms with Crippen molar-refractivity contribution < 1.29 is 14.3 Å². The van der Waals surface area contributed by atoms with E-state index < -0.39 is 5.97 Å². The summed E-state index contributed by atoms with van der Waals surface area (Å²) in [6.07, 6.45) is 0. The number of ether oxygens (including phenoxy) is 2. The van der Waals surface area contributed by atoms with Crippen LogP contribution in [0.2, 0.25) is 0 Å². The predicted octanol–water partition coefficient (Wildman–Crippen LogP) is 0.912. The van der Waals surface area contributed by atoms with Crippen LogP contribution in [0.25, 0.3) is 10.2 Å². The minimum Gasteiger partial charge on any atom is -0.465 e. The molecule has 1 N–H and O–H groups in total. The number of morpholine rings is 1. The first kappa shape index (κ1) is 15.1. The number of esters is 1. The summed E-state index contributed by atoms with van der Waals surface area (Å²) >= 11 is 1.20. The summed E-state index contributed by atoms with van der Waals surface area (Å²) in [5.74, 6) is 0.173. The van der Waals surface area contributed by atoms with Crippen molar-refractivity contribution >= 4 is 27.5 Å². The molecule has 0 saturated carbocycles. The molecule has 0 bridgehead atoms. The molecule has 3 heterocycles. The lowest BCUT2D eigenvalue weighted by Crippen LogP contribution is -2.36. The van der Waals surface area contributed by atoms with Gasteiger partial charge in [0.2, 0.25) is 0 Å². The maximum Gasteiger partial charge on any atom is 0.348 e. The fourth-order valence-electron chi connectivity index (χ4n) is 2.52. The highest BCUT2D eigenvalue weighted by atomic mass is 32.1. The van der Waals surface area contributed by atoms with E-state index in [4.69, 9.17) is 9.47 Å². The number of carbonyl (C=O) groups is 1. The van der Waals surface area contributed by atoms with Gasteiger partial charge in [-0.25, -0.2) is 9.78 Å². The summed E-state index contributed by atoms with van der Waals surface area (Å²) < 4.78 is 10.1. The van der Waals surface area contributed by atoms with Crippen LogP contribution >= 0.6 is 11.3 Å². The molecule has 0 unspecified atom stereocenters. The number of methoxy groups -OCH3 is 1. The van der Waals surface area contributed by atoms with Crippen molar-refractivity contribution in [3.8, 4) is 0 Å². The highest BCUT2D eigenvalue weighted by Crippen LogP contribution is 2.27. The number of aromatic amines is 1. The third kappa shape index (κ3) is 2.77. The average molecular weight is 323 g/mol. The van der Waals surface area contributed by atoms with Crippen molar-refractivity contribution in [1.29, 1.82) is 0 Å². The van der Waals surface area contributed by atoms with Gasteiger partial charge in [0.1, 0.15) is 15.5 Å². The van der Waals surface area contributed by atoms with E-state index in [2.05, 4.69) is 14.9 Å². The molecule has 1 aliphatic rings. The number of nitrogens with zero attached hydrogens (tertiary/aromatic N) is 2. The molecule has 1 aliphatic heterocycles. The lowest BCUT2D eigenvalue weighted by Gasteiger charge is -2.25. The molecule has 7 nitrogen and oxygen atoms in total. The summed E-state index contributed by atoms with van der Waals surface area (Å²) in [6.45, 7) is 5.33. The number of aromatic nitrogens is 2. The van der Waals surface area contributed by atoms with Crippen LogP contribution in [0.3, 0.4) is 0 Å². The molecule has 0 amide bonds. The molecule has 0 spiro atoms. The van der Waals surface area contributed by atoms with Gasteiger partial charge in [0, 0.05) is 13.1 Å². The second-order valence-corrected chi connectivity index (χ2v) is 6.13. The van der Waals surface area contributed by atoms with E-state index in [0.29, 0.717) is 46.2 Å². The van der Waals surface area contributed by atoms with Gasteiger partial charge in [-0.15, -0.1) is 11.3 Å². The van der Waals surface area contributed by atoms with Crippen LogP contribution in [-0.2, 0) is 16.0 Å². The van der Waals surface area contributed by atoms with Gasteiger partial charge in [0.25, 0.3) is 5.56 Å². The Morgan fingerprint density at radius 3 is 2.86 bits per heavy atom. The molecule has 2 aromatic rings. The van der Waals surface area contributed by atoms with Gasteiger partial charge >= 0.3 is 5.97 Å². The molecule has 22 heavy (non-hydrogen) atoms. The summed E-state index contributed by atoms with van der Waals surface area (Å²) in [5.41, 5.74) is 0.413. The van der Waals surface area contributed by atoms with Crippen molar-refractivity contribution in [3.05, 3.63) is 26.6 Å². The largest absolute Gasteiger partial charge is 0.465 e. The zero-order chi connectivity index (χ0) is 15.7. The number of carbonyl (C=O) groups excluding carboxylic acids is 1. The number of hydrogen-bond donors (Lipinski definition) is 1. The summed E-state index contributed by atoms with van der Waals surface area (Å²) in [5, 5.41) is 0.469. The number of fused-ring (bicyclic) bond motifs is 1. The predicted molar refractivity (Wildman–Crippen MR) is 82.4 cm³/mol. The first-order chi connectivity index (χ1) is 10.6. The lowest BCUT2D eigenvalue weighted by atomic mass is 10.2. The number of nitrogens with one attached hydrogen (secondary N) is 1. The van der Waals surface area contributed by atoms with Crippen LogP contribution in [-0.4, -0.2) is 54.3 Å². The van der Waals surface area contributed by atoms with Gasteiger partial charge in [0.05, 0.1) is 32.3 Å². The van der Waals surface area contributed by atoms with Gasteiger partial charge in [-0.2, -0.15) is 0 Å². The quantitative estimate of drug-likeness (QED) is 0.845. The van der Waals surface area contributed by atoms with Crippen LogP contribution in [0.4, 0.5) is 0 Å². The van der Waals surface area contributed by atoms with E-state index in [1.54, 1.807) is 6.92 Å². The highest BCUT2D eigenvalue weighted by Gasteiger charge is 2.20. The Hall–Kier alpha value is -1.77. The average Bonchev–Trinajstić information content (AvgIpc) is 2.85. The standard InChI is InChI=1S/C14H17N3O4S/c1-8-10-12(18)15-9(7-17-3-5-21-6-4-17)16-13(10)22-11(8)14(19)20-2/h3-7H2,1-2H3,(H,15,16,18). The SMILES string of the molecule is COC(=O)c1sc2nc(CN3CCOCC3)[nH]c(=O)c2c1C. The molecule has 1 fully saturated rings. The monoisotopic (exact) mass is 323 g/mol. The highest BCUT2D eigenvalue weighted by molar-refractivity contribution is 7.20. The second-order valence-electron chi connectivity index (χ2n) is 5.13. The number of H-pyrrole nitrogens is 1. The molecule has 3 rings (SSSR count). The normalized spacial score (nSPS) is 16.1. The molecule has 0 aromatic carbocycles. The molecule has 1 saturated heterocycles. The number of hydrogen-bond acceptors (Lipinski definition) is 7. The Labute approximate surface area is 130 Å². The smallest absolute Gasteiger partial charge is 0.348 e. The fourth-order valence-corrected chi connectivity index (χ4v) is 3.64. The van der Waals surface area contributed by atoms with E-state index in [1.807, 2.05) is 0 Å².